The van der Waals surface area contributed by atoms with E-state index in [0.29, 0.717) is 0 Å². The normalized spacial score (nSPS) is 14.3. The Hall–Kier alpha value is -1.63. The average molecular weight is 303 g/mol. The molecule has 0 aliphatic carbocycles. The van der Waals surface area contributed by atoms with Gasteiger partial charge in [-0.3, -0.25) is 4.79 Å². The monoisotopic (exact) mass is 303 g/mol. The number of alkyl carbamates (subject to hydrolysis) is 1. The summed E-state index contributed by atoms with van der Waals surface area (Å²) in [5.74, 6) is -1.68. The van der Waals surface area contributed by atoms with Crippen LogP contribution in [0.25, 0.3) is 0 Å². The fourth-order valence-corrected chi connectivity index (χ4v) is 1.36. The van der Waals surface area contributed by atoms with Crippen LogP contribution >= 0.6 is 0 Å². The second-order valence-corrected chi connectivity index (χ2v) is 6.26. The molecule has 0 fully saturated rings. The lowest BCUT2D eigenvalue weighted by atomic mass is 10.1. The van der Waals surface area contributed by atoms with Crippen molar-refractivity contribution in [2.75, 3.05) is 0 Å². The summed E-state index contributed by atoms with van der Waals surface area (Å²) in [5.41, 5.74) is -0.745. The lowest BCUT2D eigenvalue weighted by molar-refractivity contribution is -0.163. The summed E-state index contributed by atoms with van der Waals surface area (Å²) in [7, 11) is 0. The second kappa shape index (κ2) is 7.97. The third kappa shape index (κ3) is 9.01. The number of hydrogen-bond donors (Lipinski definition) is 2. The molecular formula is C14H25NO6. The maximum Gasteiger partial charge on any atom is 0.408 e. The highest BCUT2D eigenvalue weighted by molar-refractivity contribution is 5.90. The van der Waals surface area contributed by atoms with Crippen molar-refractivity contribution in [1.82, 2.24) is 5.32 Å². The smallest absolute Gasteiger partial charge is 0.408 e. The number of amides is 1. The number of rotatable bonds is 5. The van der Waals surface area contributed by atoms with Gasteiger partial charge in [-0.25, -0.2) is 9.59 Å². The Morgan fingerprint density at radius 3 is 2.05 bits per heavy atom. The summed E-state index contributed by atoms with van der Waals surface area (Å²) < 4.78 is 9.59. The highest BCUT2D eigenvalue weighted by Crippen LogP contribution is 2.08. The summed E-state index contributed by atoms with van der Waals surface area (Å²) in [4.78, 5) is 34.8. The number of carbonyl (C=O) groups excluding carboxylic acids is 3. The van der Waals surface area contributed by atoms with Crippen molar-refractivity contribution in [3.63, 3.8) is 0 Å². The molecular weight excluding hydrogens is 278 g/mol. The zero-order valence-electron chi connectivity index (χ0n) is 13.4. The minimum Gasteiger partial charge on any atom is -0.444 e. The molecule has 0 spiro atoms. The molecule has 0 aromatic carbocycles. The van der Waals surface area contributed by atoms with Crippen molar-refractivity contribution in [3.05, 3.63) is 0 Å². The van der Waals surface area contributed by atoms with Crippen molar-refractivity contribution in [1.29, 1.82) is 0 Å². The van der Waals surface area contributed by atoms with E-state index in [0.717, 1.165) is 0 Å². The quantitative estimate of drug-likeness (QED) is 0.587. The number of esters is 2. The van der Waals surface area contributed by atoms with Crippen molar-refractivity contribution < 1.29 is 29.0 Å². The second-order valence-electron chi connectivity index (χ2n) is 6.26. The molecule has 0 rings (SSSR count). The molecule has 0 radical (unpaired) electrons. The predicted molar refractivity (Wildman–Crippen MR) is 75.4 cm³/mol. The molecule has 7 heteroatoms. The van der Waals surface area contributed by atoms with Crippen molar-refractivity contribution in [2.24, 2.45) is 5.92 Å². The van der Waals surface area contributed by atoms with Crippen molar-refractivity contribution in [2.45, 2.75) is 65.7 Å². The molecule has 2 atom stereocenters. The number of aliphatic hydroxyl groups is 1. The van der Waals surface area contributed by atoms with Gasteiger partial charge in [0.1, 0.15) is 5.60 Å². The predicted octanol–water partition coefficient (Wildman–Crippen LogP) is 1.38. The summed E-state index contributed by atoms with van der Waals surface area (Å²) in [5, 5.41) is 11.7. The van der Waals surface area contributed by atoms with E-state index in [2.05, 4.69) is 10.1 Å². The molecule has 0 aliphatic rings. The van der Waals surface area contributed by atoms with Crippen LogP contribution in [-0.2, 0) is 19.1 Å². The SMILES string of the molecule is CC(C)CC(=O)OC(=O)[C@@H](NC(=O)OC(C)(C)C)[C@@H](C)O. The van der Waals surface area contributed by atoms with Crippen LogP contribution in [-0.4, -0.2) is 40.9 Å². The van der Waals surface area contributed by atoms with Gasteiger partial charge in [-0.2, -0.15) is 0 Å². The maximum absolute atomic E-state index is 11.8. The molecule has 0 saturated carbocycles. The first-order chi connectivity index (χ1) is 9.42. The van der Waals surface area contributed by atoms with Crippen LogP contribution in [0.4, 0.5) is 4.79 Å². The van der Waals surface area contributed by atoms with E-state index in [4.69, 9.17) is 4.74 Å². The van der Waals surface area contributed by atoms with Crippen LogP contribution in [0.2, 0.25) is 0 Å². The molecule has 0 aromatic rings. The first-order valence-corrected chi connectivity index (χ1v) is 6.84. The largest absolute Gasteiger partial charge is 0.444 e. The van der Waals surface area contributed by atoms with Crippen LogP contribution in [0.5, 0.6) is 0 Å². The van der Waals surface area contributed by atoms with Crippen molar-refractivity contribution >= 4 is 18.0 Å². The summed E-state index contributed by atoms with van der Waals surface area (Å²) in [6, 6.07) is -1.36. The Morgan fingerprint density at radius 2 is 1.67 bits per heavy atom. The Balaban J connectivity index is 4.65. The Bertz CT molecular complexity index is 383. The first-order valence-electron chi connectivity index (χ1n) is 6.84. The molecule has 0 aromatic heterocycles. The highest BCUT2D eigenvalue weighted by Gasteiger charge is 2.30. The summed E-state index contributed by atoms with van der Waals surface area (Å²) in [6.07, 6.45) is -2.02. The van der Waals surface area contributed by atoms with Gasteiger partial charge in [0.15, 0.2) is 6.04 Å². The average Bonchev–Trinajstić information content (AvgIpc) is 2.21. The fourth-order valence-electron chi connectivity index (χ4n) is 1.36. The molecule has 0 saturated heterocycles. The van der Waals surface area contributed by atoms with Gasteiger partial charge in [0.2, 0.25) is 0 Å². The molecule has 7 nitrogen and oxygen atoms in total. The maximum atomic E-state index is 11.8. The fraction of sp³-hybridized carbons (Fsp3) is 0.786. The van der Waals surface area contributed by atoms with Crippen molar-refractivity contribution in [3.8, 4) is 0 Å². The number of nitrogens with one attached hydrogen (secondary N) is 1. The number of carbonyl (C=O) groups is 3. The van der Waals surface area contributed by atoms with Gasteiger partial charge in [0.05, 0.1) is 6.10 Å². The van der Waals surface area contributed by atoms with Gasteiger partial charge in [-0.1, -0.05) is 13.8 Å². The van der Waals surface area contributed by atoms with Crippen LogP contribution in [0.3, 0.4) is 0 Å². The lowest BCUT2D eigenvalue weighted by Gasteiger charge is -2.23. The molecule has 0 aliphatic heterocycles. The number of hydrogen-bond acceptors (Lipinski definition) is 6. The molecule has 21 heavy (non-hydrogen) atoms. The van der Waals surface area contributed by atoms with Gasteiger partial charge >= 0.3 is 18.0 Å². The van der Waals surface area contributed by atoms with E-state index in [1.807, 2.05) is 0 Å². The lowest BCUT2D eigenvalue weighted by Crippen LogP contribution is -2.50. The Morgan fingerprint density at radius 1 is 1.14 bits per heavy atom. The Kier molecular flexibility index (Phi) is 7.35. The van der Waals surface area contributed by atoms with Gasteiger partial charge in [0, 0.05) is 6.42 Å². The third-order valence-electron chi connectivity index (χ3n) is 2.20. The van der Waals surface area contributed by atoms with Crippen LogP contribution in [0, 0.1) is 5.92 Å². The van der Waals surface area contributed by atoms with E-state index < -0.39 is 35.8 Å². The molecule has 122 valence electrons. The minimum atomic E-state index is -1.36. The van der Waals surface area contributed by atoms with E-state index in [-0.39, 0.29) is 12.3 Å². The van der Waals surface area contributed by atoms with Crippen LogP contribution < -0.4 is 5.32 Å². The molecule has 0 unspecified atom stereocenters. The van der Waals surface area contributed by atoms with E-state index in [1.54, 1.807) is 34.6 Å². The first kappa shape index (κ1) is 19.4. The zero-order chi connectivity index (χ0) is 16.8. The van der Waals surface area contributed by atoms with E-state index >= 15 is 0 Å². The van der Waals surface area contributed by atoms with Gasteiger partial charge in [-0.15, -0.1) is 0 Å². The van der Waals surface area contributed by atoms with Gasteiger partial charge in [-0.05, 0) is 33.6 Å². The van der Waals surface area contributed by atoms with Gasteiger partial charge in [0.25, 0.3) is 0 Å². The molecule has 2 N–H and O–H groups in total. The number of aliphatic hydroxyl groups excluding tert-OH is 1. The molecule has 0 bridgehead atoms. The minimum absolute atomic E-state index is 0.0362. The molecule has 1 amide bonds. The topological polar surface area (TPSA) is 102 Å². The third-order valence-corrected chi connectivity index (χ3v) is 2.20. The summed E-state index contributed by atoms with van der Waals surface area (Å²) >= 11 is 0. The molecule has 0 heterocycles. The standard InChI is InChI=1S/C14H25NO6/c1-8(2)7-10(17)20-12(18)11(9(3)16)15-13(19)21-14(4,5)6/h8-9,11,16H,7H2,1-6H3,(H,15,19)/t9-,11+/m1/s1. The highest BCUT2D eigenvalue weighted by atomic mass is 16.6. The van der Waals surface area contributed by atoms with Crippen LogP contribution in [0.1, 0.15) is 48.0 Å². The van der Waals surface area contributed by atoms with Gasteiger partial charge < -0.3 is 19.9 Å². The van der Waals surface area contributed by atoms with Crippen LogP contribution in [0.15, 0.2) is 0 Å². The van der Waals surface area contributed by atoms with E-state index in [1.165, 1.54) is 6.92 Å². The number of ether oxygens (including phenoxy) is 2. The summed E-state index contributed by atoms with van der Waals surface area (Å²) in [6.45, 7) is 9.89. The Labute approximate surface area is 125 Å². The van der Waals surface area contributed by atoms with E-state index in [9.17, 15) is 19.5 Å². The zero-order valence-corrected chi connectivity index (χ0v) is 13.4.